The molecule has 0 saturated heterocycles. The van der Waals surface area contributed by atoms with Crippen LogP contribution in [0.2, 0.25) is 0 Å². The van der Waals surface area contributed by atoms with Gasteiger partial charge in [0.05, 0.1) is 12.0 Å². The molecule has 1 aromatic heterocycles. The second-order valence-electron chi connectivity index (χ2n) is 7.88. The van der Waals surface area contributed by atoms with Crippen molar-refractivity contribution in [1.82, 2.24) is 14.4 Å². The van der Waals surface area contributed by atoms with Gasteiger partial charge in [0, 0.05) is 51.6 Å². The summed E-state index contributed by atoms with van der Waals surface area (Å²) in [7, 11) is 3.74. The van der Waals surface area contributed by atoms with Crippen molar-refractivity contribution in [2.24, 2.45) is 4.99 Å². The molecule has 156 valence electrons. The molecule has 7 heteroatoms. The number of pyridine rings is 1. The summed E-state index contributed by atoms with van der Waals surface area (Å²) in [6.45, 7) is 10.7. The Labute approximate surface area is 168 Å². The van der Waals surface area contributed by atoms with E-state index in [0.29, 0.717) is 25.2 Å². The second kappa shape index (κ2) is 10.7. The van der Waals surface area contributed by atoms with Gasteiger partial charge in [0.25, 0.3) is 5.56 Å². The van der Waals surface area contributed by atoms with Crippen molar-refractivity contribution in [3.63, 3.8) is 0 Å². The van der Waals surface area contributed by atoms with E-state index in [1.54, 1.807) is 33.0 Å². The minimum absolute atomic E-state index is 0.134. The van der Waals surface area contributed by atoms with E-state index in [2.05, 4.69) is 18.8 Å². The van der Waals surface area contributed by atoms with Gasteiger partial charge in [-0.15, -0.1) is 0 Å². The number of aromatic nitrogens is 1. The molecule has 0 spiro atoms. The molecule has 0 radical (unpaired) electrons. The highest BCUT2D eigenvalue weighted by atomic mass is 16.6. The third-order valence-corrected chi connectivity index (χ3v) is 3.49. The predicted molar refractivity (Wildman–Crippen MR) is 115 cm³/mol. The first kappa shape index (κ1) is 23.5. The Hall–Kier alpha value is -2.57. The number of hydrogen-bond donors (Lipinski definition) is 0. The maximum Gasteiger partial charge on any atom is 0.410 e. The van der Waals surface area contributed by atoms with E-state index in [1.807, 2.05) is 40.9 Å². The normalized spacial score (nSPS) is 14.2. The molecule has 0 bridgehead atoms. The number of carbonyl (C=O) groups is 1. The van der Waals surface area contributed by atoms with Gasteiger partial charge in [-0.1, -0.05) is 20.3 Å². The zero-order valence-electron chi connectivity index (χ0n) is 18.2. The maximum atomic E-state index is 12.3. The molecular formula is C21H34N4O3. The Morgan fingerprint density at radius 1 is 1.32 bits per heavy atom. The molecule has 0 aliphatic carbocycles. The minimum atomic E-state index is -0.513. The highest BCUT2D eigenvalue weighted by Gasteiger charge is 2.24. The van der Waals surface area contributed by atoms with Crippen LogP contribution in [0, 0.1) is 0 Å². The Balaban J connectivity index is 0.00000122. The highest BCUT2D eigenvalue weighted by Crippen LogP contribution is 2.18. The largest absolute Gasteiger partial charge is 0.444 e. The van der Waals surface area contributed by atoms with E-state index in [1.165, 1.54) is 12.5 Å². The van der Waals surface area contributed by atoms with Gasteiger partial charge < -0.3 is 14.5 Å². The van der Waals surface area contributed by atoms with Crippen molar-refractivity contribution in [1.29, 1.82) is 0 Å². The lowest BCUT2D eigenvalue weighted by Crippen LogP contribution is -2.39. The van der Waals surface area contributed by atoms with Gasteiger partial charge in [0.1, 0.15) is 5.60 Å². The summed E-state index contributed by atoms with van der Waals surface area (Å²) in [5.41, 5.74) is 0.848. The molecule has 2 heterocycles. The molecule has 0 saturated carbocycles. The number of carbonyl (C=O) groups excluding carboxylic acids is 1. The van der Waals surface area contributed by atoms with Crippen molar-refractivity contribution in [2.45, 2.75) is 53.1 Å². The predicted octanol–water partition coefficient (Wildman–Crippen LogP) is 3.97. The number of aliphatic imine (C=N–C) groups is 1. The standard InChI is InChI=1S/C18H26N4O3.C3H8/c1-18(2,3)25-17(24)21-9-7-15(8-10-21)22-11-6-14(12-16(22)23)19-13-20(4)5;1-3-2/h6-7,11-13H,8-10H2,1-5H3;3H2,1-2H3. The van der Waals surface area contributed by atoms with E-state index in [4.69, 9.17) is 4.74 Å². The fourth-order valence-electron chi connectivity index (χ4n) is 2.34. The molecular weight excluding hydrogens is 356 g/mol. The Morgan fingerprint density at radius 3 is 2.43 bits per heavy atom. The Kier molecular flexibility index (Phi) is 8.96. The zero-order chi connectivity index (χ0) is 21.3. The van der Waals surface area contributed by atoms with E-state index in [0.717, 1.165) is 5.70 Å². The van der Waals surface area contributed by atoms with Crippen molar-refractivity contribution in [2.75, 3.05) is 27.2 Å². The smallest absolute Gasteiger partial charge is 0.410 e. The van der Waals surface area contributed by atoms with Crippen LogP contribution >= 0.6 is 0 Å². The summed E-state index contributed by atoms with van der Waals surface area (Å²) >= 11 is 0. The van der Waals surface area contributed by atoms with Gasteiger partial charge in [-0.2, -0.15) is 0 Å². The van der Waals surface area contributed by atoms with Crippen molar-refractivity contribution in [3.8, 4) is 0 Å². The Morgan fingerprint density at radius 2 is 1.96 bits per heavy atom. The molecule has 0 aromatic carbocycles. The van der Waals surface area contributed by atoms with Gasteiger partial charge >= 0.3 is 6.09 Å². The lowest BCUT2D eigenvalue weighted by molar-refractivity contribution is 0.0269. The van der Waals surface area contributed by atoms with E-state index >= 15 is 0 Å². The molecule has 1 amide bonds. The van der Waals surface area contributed by atoms with Crippen LogP contribution in [-0.4, -0.2) is 59.6 Å². The minimum Gasteiger partial charge on any atom is -0.444 e. The van der Waals surface area contributed by atoms with Crippen molar-refractivity contribution in [3.05, 3.63) is 34.8 Å². The monoisotopic (exact) mass is 390 g/mol. The summed E-state index contributed by atoms with van der Waals surface area (Å²) in [5.74, 6) is 0. The number of ether oxygens (including phenoxy) is 1. The van der Waals surface area contributed by atoms with Crippen LogP contribution in [0.15, 0.2) is 34.2 Å². The number of nitrogens with zero attached hydrogens (tertiary/aromatic N) is 4. The molecule has 1 aromatic rings. The first-order chi connectivity index (χ1) is 13.1. The Bertz CT molecular complexity index is 758. The average Bonchev–Trinajstić information content (AvgIpc) is 2.59. The fraction of sp³-hybridized carbons (Fsp3) is 0.571. The molecule has 0 fully saturated rings. The summed E-state index contributed by atoms with van der Waals surface area (Å²) in [6.07, 6.45) is 6.78. The van der Waals surface area contributed by atoms with Crippen LogP contribution in [-0.2, 0) is 4.74 Å². The van der Waals surface area contributed by atoms with Gasteiger partial charge in [-0.25, -0.2) is 9.79 Å². The van der Waals surface area contributed by atoms with Crippen LogP contribution in [0.1, 0.15) is 47.5 Å². The van der Waals surface area contributed by atoms with Crippen LogP contribution in [0.5, 0.6) is 0 Å². The SMILES string of the molecule is CCC.CN(C)C=Nc1ccn(C2=CCN(C(=O)OC(C)(C)C)CC2)c(=O)c1. The summed E-state index contributed by atoms with van der Waals surface area (Å²) in [4.78, 5) is 32.1. The van der Waals surface area contributed by atoms with Gasteiger partial charge in [0.15, 0.2) is 0 Å². The fourth-order valence-corrected chi connectivity index (χ4v) is 2.34. The summed E-state index contributed by atoms with van der Waals surface area (Å²) < 4.78 is 6.97. The summed E-state index contributed by atoms with van der Waals surface area (Å²) in [5, 5.41) is 0. The third-order valence-electron chi connectivity index (χ3n) is 3.49. The maximum absolute atomic E-state index is 12.3. The number of rotatable bonds is 3. The highest BCUT2D eigenvalue weighted by molar-refractivity contribution is 5.69. The second-order valence-corrected chi connectivity index (χ2v) is 7.88. The van der Waals surface area contributed by atoms with Crippen LogP contribution in [0.4, 0.5) is 10.5 Å². The zero-order valence-corrected chi connectivity index (χ0v) is 18.2. The van der Waals surface area contributed by atoms with Crippen molar-refractivity contribution < 1.29 is 9.53 Å². The van der Waals surface area contributed by atoms with Gasteiger partial charge in [0.2, 0.25) is 0 Å². The molecule has 1 aliphatic heterocycles. The van der Waals surface area contributed by atoms with E-state index < -0.39 is 5.60 Å². The van der Waals surface area contributed by atoms with E-state index in [-0.39, 0.29) is 11.7 Å². The lowest BCUT2D eigenvalue weighted by Gasteiger charge is -2.29. The molecule has 0 N–H and O–H groups in total. The molecule has 2 rings (SSSR count). The van der Waals surface area contributed by atoms with E-state index in [9.17, 15) is 9.59 Å². The number of hydrogen-bond acceptors (Lipinski definition) is 4. The van der Waals surface area contributed by atoms with Crippen LogP contribution in [0.3, 0.4) is 0 Å². The molecule has 0 atom stereocenters. The van der Waals surface area contributed by atoms with Crippen molar-refractivity contribution >= 4 is 23.8 Å². The molecule has 0 unspecified atom stereocenters. The summed E-state index contributed by atoms with van der Waals surface area (Å²) in [6, 6.07) is 3.30. The van der Waals surface area contributed by atoms with Gasteiger partial charge in [-0.3, -0.25) is 9.36 Å². The molecule has 1 aliphatic rings. The number of amides is 1. The quantitative estimate of drug-likeness (QED) is 0.579. The first-order valence-corrected chi connectivity index (χ1v) is 9.68. The third kappa shape index (κ3) is 7.98. The molecule has 28 heavy (non-hydrogen) atoms. The van der Waals surface area contributed by atoms with Crippen LogP contribution in [0.25, 0.3) is 5.70 Å². The first-order valence-electron chi connectivity index (χ1n) is 9.68. The average molecular weight is 391 g/mol. The van der Waals surface area contributed by atoms with Gasteiger partial charge in [-0.05, 0) is 32.9 Å². The van der Waals surface area contributed by atoms with Crippen LogP contribution < -0.4 is 5.56 Å². The topological polar surface area (TPSA) is 67.1 Å². The molecule has 7 nitrogen and oxygen atoms in total. The lowest BCUT2D eigenvalue weighted by atomic mass is 10.2.